The van der Waals surface area contributed by atoms with Gasteiger partial charge in [0.2, 0.25) is 0 Å². The summed E-state index contributed by atoms with van der Waals surface area (Å²) in [5, 5.41) is 5.19. The molecule has 4 rings (SSSR count). The number of hydrogen-bond acceptors (Lipinski definition) is 5. The Hall–Kier alpha value is -2.08. The number of anilines is 1. The van der Waals surface area contributed by atoms with Crippen molar-refractivity contribution in [2.45, 2.75) is 38.3 Å². The van der Waals surface area contributed by atoms with Gasteiger partial charge in [0.25, 0.3) is 0 Å². The second-order valence-corrected chi connectivity index (χ2v) is 5.46. The smallest absolute Gasteiger partial charge is 0.159 e. The molecule has 0 unspecified atom stereocenters. The molecule has 0 aromatic carbocycles. The van der Waals surface area contributed by atoms with Gasteiger partial charge in [0.15, 0.2) is 5.65 Å². The average molecular weight is 271 g/mol. The van der Waals surface area contributed by atoms with Crippen molar-refractivity contribution in [3.8, 4) is 0 Å². The average Bonchev–Trinajstić information content (AvgIpc) is 3.02. The zero-order valence-corrected chi connectivity index (χ0v) is 11.4. The number of hydroxylamine groups is 1. The van der Waals surface area contributed by atoms with Gasteiger partial charge in [-0.3, -0.25) is 10.3 Å². The molecule has 1 aliphatic heterocycles. The minimum absolute atomic E-state index is 0.121. The Morgan fingerprint density at radius 2 is 2.30 bits per heavy atom. The van der Waals surface area contributed by atoms with Crippen molar-refractivity contribution in [1.82, 2.24) is 20.2 Å². The molecular weight excluding hydrogens is 254 g/mol. The van der Waals surface area contributed by atoms with Crippen LogP contribution in [0, 0.1) is 0 Å². The minimum atomic E-state index is -0.121. The summed E-state index contributed by atoms with van der Waals surface area (Å²) in [6.45, 7) is 2.82. The van der Waals surface area contributed by atoms with Crippen LogP contribution in [0.25, 0.3) is 16.7 Å². The maximum absolute atomic E-state index is 6.29. The highest BCUT2D eigenvalue weighted by Crippen LogP contribution is 2.42. The number of pyridine rings is 1. The van der Waals surface area contributed by atoms with Crippen LogP contribution >= 0.6 is 0 Å². The summed E-state index contributed by atoms with van der Waals surface area (Å²) in [5.41, 5.74) is 12.5. The maximum atomic E-state index is 6.29. The van der Waals surface area contributed by atoms with Crippen LogP contribution in [0.4, 0.5) is 5.69 Å². The van der Waals surface area contributed by atoms with E-state index in [1.54, 1.807) is 12.4 Å². The molecule has 1 fully saturated rings. The van der Waals surface area contributed by atoms with Crippen molar-refractivity contribution in [3.63, 3.8) is 0 Å². The van der Waals surface area contributed by atoms with Crippen molar-refractivity contribution in [1.29, 1.82) is 0 Å². The molecule has 20 heavy (non-hydrogen) atoms. The molecule has 2 aliphatic rings. The number of rotatable bonds is 2. The van der Waals surface area contributed by atoms with Crippen LogP contribution < -0.4 is 11.2 Å². The maximum Gasteiger partial charge on any atom is 0.159 e. The van der Waals surface area contributed by atoms with Gasteiger partial charge in [-0.25, -0.2) is 9.67 Å². The Labute approximate surface area is 116 Å². The lowest BCUT2D eigenvalue weighted by Gasteiger charge is -2.33. The number of fused-ring (bicyclic) bond motifs is 1. The fourth-order valence-electron chi connectivity index (χ4n) is 2.87. The van der Waals surface area contributed by atoms with Gasteiger partial charge in [-0.05, 0) is 32.3 Å². The van der Waals surface area contributed by atoms with Crippen LogP contribution in [0.5, 0.6) is 0 Å². The zero-order valence-electron chi connectivity index (χ0n) is 11.4. The molecule has 6 heteroatoms. The fourth-order valence-corrected chi connectivity index (χ4v) is 2.87. The largest absolute Gasteiger partial charge is 0.397 e. The van der Waals surface area contributed by atoms with Crippen molar-refractivity contribution < 1.29 is 4.84 Å². The molecule has 3 N–H and O–H groups in total. The van der Waals surface area contributed by atoms with E-state index < -0.39 is 0 Å². The Morgan fingerprint density at radius 1 is 1.45 bits per heavy atom. The van der Waals surface area contributed by atoms with Crippen LogP contribution in [0.3, 0.4) is 0 Å². The van der Waals surface area contributed by atoms with E-state index in [9.17, 15) is 0 Å². The van der Waals surface area contributed by atoms with Gasteiger partial charge >= 0.3 is 0 Å². The highest BCUT2D eigenvalue weighted by Gasteiger charge is 2.41. The first-order valence-corrected chi connectivity index (χ1v) is 7.00. The normalized spacial score (nSPS) is 19.9. The molecule has 0 radical (unpaired) electrons. The number of nitrogen functional groups attached to an aromatic ring is 1. The number of aryl methyl sites for hydroxylation is 1. The number of nitrogens with zero attached hydrogens (tertiary/aromatic N) is 3. The van der Waals surface area contributed by atoms with Crippen molar-refractivity contribution >= 4 is 22.4 Å². The number of nitrogens with two attached hydrogens (primary N) is 1. The highest BCUT2D eigenvalue weighted by molar-refractivity contribution is 5.94. The Balaban J connectivity index is 1.81. The predicted octanol–water partition coefficient (Wildman–Crippen LogP) is 1.83. The summed E-state index contributed by atoms with van der Waals surface area (Å²) < 4.78 is 1.84. The standard InChI is InChI=1S/C14H17N5O/c1-2-19-13-10(8-17-19)12(15)9(7-16-13)11-6-14(20-18-11)4-3-5-14/h6-8,18H,2-5H2,1H3,(H2,15,16). The summed E-state index contributed by atoms with van der Waals surface area (Å²) in [7, 11) is 0. The fraction of sp³-hybridized carbons (Fsp3) is 0.429. The molecule has 2 aromatic rings. The van der Waals surface area contributed by atoms with E-state index in [4.69, 9.17) is 10.6 Å². The third-order valence-corrected chi connectivity index (χ3v) is 4.27. The van der Waals surface area contributed by atoms with E-state index in [1.165, 1.54) is 6.42 Å². The van der Waals surface area contributed by atoms with E-state index in [2.05, 4.69) is 21.6 Å². The molecule has 0 bridgehead atoms. The van der Waals surface area contributed by atoms with Gasteiger partial charge in [-0.15, -0.1) is 0 Å². The van der Waals surface area contributed by atoms with E-state index >= 15 is 0 Å². The summed E-state index contributed by atoms with van der Waals surface area (Å²) >= 11 is 0. The lowest BCUT2D eigenvalue weighted by atomic mass is 9.80. The van der Waals surface area contributed by atoms with E-state index in [0.29, 0.717) is 5.69 Å². The molecular formula is C14H17N5O. The topological polar surface area (TPSA) is 78.0 Å². The van der Waals surface area contributed by atoms with Crippen molar-refractivity contribution in [2.24, 2.45) is 0 Å². The molecule has 1 spiro atoms. The number of aromatic nitrogens is 3. The summed E-state index contributed by atoms with van der Waals surface area (Å²) in [4.78, 5) is 10.2. The molecule has 0 saturated heterocycles. The third-order valence-electron chi connectivity index (χ3n) is 4.27. The molecule has 2 aromatic heterocycles. The third kappa shape index (κ3) is 1.48. The number of nitrogens with one attached hydrogen (secondary N) is 1. The second-order valence-electron chi connectivity index (χ2n) is 5.46. The molecule has 0 amide bonds. The molecule has 3 heterocycles. The van der Waals surface area contributed by atoms with Gasteiger partial charge in [0.05, 0.1) is 23.0 Å². The van der Waals surface area contributed by atoms with Gasteiger partial charge in [0, 0.05) is 18.3 Å². The van der Waals surface area contributed by atoms with E-state index in [0.717, 1.165) is 41.7 Å². The predicted molar refractivity (Wildman–Crippen MR) is 76.4 cm³/mol. The Bertz CT molecular complexity index is 714. The second kappa shape index (κ2) is 3.96. The number of hydrogen-bond donors (Lipinski definition) is 2. The van der Waals surface area contributed by atoms with Gasteiger partial charge in [0.1, 0.15) is 5.60 Å². The quantitative estimate of drug-likeness (QED) is 0.871. The molecule has 0 atom stereocenters. The van der Waals surface area contributed by atoms with Crippen molar-refractivity contribution in [2.75, 3.05) is 5.73 Å². The van der Waals surface area contributed by atoms with Crippen LogP contribution in [0.2, 0.25) is 0 Å². The van der Waals surface area contributed by atoms with E-state index in [1.807, 2.05) is 11.6 Å². The summed E-state index contributed by atoms with van der Waals surface area (Å²) in [5.74, 6) is 0. The van der Waals surface area contributed by atoms with E-state index in [-0.39, 0.29) is 5.60 Å². The van der Waals surface area contributed by atoms with Gasteiger partial charge in [-0.2, -0.15) is 5.10 Å². The lowest BCUT2D eigenvalue weighted by Crippen LogP contribution is -2.36. The molecule has 104 valence electrons. The minimum Gasteiger partial charge on any atom is -0.397 e. The monoisotopic (exact) mass is 271 g/mol. The van der Waals surface area contributed by atoms with Gasteiger partial charge < -0.3 is 5.73 Å². The Morgan fingerprint density at radius 3 is 2.95 bits per heavy atom. The van der Waals surface area contributed by atoms with Gasteiger partial charge in [-0.1, -0.05) is 0 Å². The van der Waals surface area contributed by atoms with Crippen LogP contribution in [-0.4, -0.2) is 20.4 Å². The highest BCUT2D eigenvalue weighted by atomic mass is 16.7. The van der Waals surface area contributed by atoms with Crippen LogP contribution in [0.15, 0.2) is 18.5 Å². The van der Waals surface area contributed by atoms with Crippen LogP contribution in [-0.2, 0) is 11.4 Å². The van der Waals surface area contributed by atoms with Crippen molar-refractivity contribution in [3.05, 3.63) is 24.0 Å². The molecule has 1 saturated carbocycles. The first-order valence-electron chi connectivity index (χ1n) is 7.00. The SMILES string of the molecule is CCn1ncc2c(N)c(C3=CC4(CCC4)ON3)cnc21. The zero-order chi connectivity index (χ0) is 13.7. The Kier molecular flexibility index (Phi) is 2.32. The first kappa shape index (κ1) is 11.7. The molecule has 1 aliphatic carbocycles. The first-order chi connectivity index (χ1) is 9.72. The summed E-state index contributed by atoms with van der Waals surface area (Å²) in [6, 6.07) is 0. The molecule has 6 nitrogen and oxygen atoms in total. The van der Waals surface area contributed by atoms with Crippen LogP contribution in [0.1, 0.15) is 31.7 Å². The lowest BCUT2D eigenvalue weighted by molar-refractivity contribution is -0.0821. The summed E-state index contributed by atoms with van der Waals surface area (Å²) in [6.07, 6.45) is 9.05.